The van der Waals surface area contributed by atoms with Crippen LogP contribution < -0.4 is 10.7 Å². The molecule has 2 rings (SSSR count). The summed E-state index contributed by atoms with van der Waals surface area (Å²) < 4.78 is 0.881. The SMILES string of the molecule is O=C(NN=Cc1cccnc1)C(=O)Nc1ccc(Br)cc1. The minimum Gasteiger partial charge on any atom is -0.318 e. The largest absolute Gasteiger partial charge is 0.329 e. The van der Waals surface area contributed by atoms with Crippen molar-refractivity contribution in [1.29, 1.82) is 0 Å². The van der Waals surface area contributed by atoms with Crippen molar-refractivity contribution in [2.45, 2.75) is 0 Å². The van der Waals surface area contributed by atoms with E-state index in [-0.39, 0.29) is 0 Å². The zero-order valence-corrected chi connectivity index (χ0v) is 12.4. The number of hydrogen-bond donors (Lipinski definition) is 2. The number of hydrazone groups is 1. The molecule has 2 aromatic rings. The first-order valence-corrected chi connectivity index (χ1v) is 6.74. The van der Waals surface area contributed by atoms with Gasteiger partial charge in [0.05, 0.1) is 6.21 Å². The number of halogens is 1. The maximum atomic E-state index is 11.6. The average Bonchev–Trinajstić information content (AvgIpc) is 2.50. The lowest BCUT2D eigenvalue weighted by Gasteiger charge is -2.03. The third-order valence-electron chi connectivity index (χ3n) is 2.37. The Labute approximate surface area is 129 Å². The van der Waals surface area contributed by atoms with E-state index in [0.29, 0.717) is 11.3 Å². The Bertz CT molecular complexity index is 656. The van der Waals surface area contributed by atoms with Crippen LogP contribution in [0.3, 0.4) is 0 Å². The summed E-state index contributed by atoms with van der Waals surface area (Å²) >= 11 is 3.28. The van der Waals surface area contributed by atoms with E-state index in [4.69, 9.17) is 0 Å². The van der Waals surface area contributed by atoms with Crippen LogP contribution in [0.5, 0.6) is 0 Å². The van der Waals surface area contributed by atoms with E-state index < -0.39 is 11.8 Å². The zero-order chi connectivity index (χ0) is 15.1. The van der Waals surface area contributed by atoms with E-state index in [1.807, 2.05) is 0 Å². The van der Waals surface area contributed by atoms with Crippen LogP contribution in [0.25, 0.3) is 0 Å². The minimum atomic E-state index is -0.849. The molecule has 106 valence electrons. The fourth-order valence-corrected chi connectivity index (χ4v) is 1.65. The van der Waals surface area contributed by atoms with E-state index >= 15 is 0 Å². The molecule has 6 nitrogen and oxygen atoms in total. The molecule has 2 N–H and O–H groups in total. The molecule has 0 saturated heterocycles. The maximum Gasteiger partial charge on any atom is 0.329 e. The standard InChI is InChI=1S/C14H11BrN4O2/c15-11-3-5-12(6-4-11)18-13(20)14(21)19-17-9-10-2-1-7-16-8-10/h1-9H,(H,18,20)(H,19,21). The van der Waals surface area contributed by atoms with E-state index in [1.54, 1.807) is 48.8 Å². The Hall–Kier alpha value is -2.54. The van der Waals surface area contributed by atoms with Crippen molar-refractivity contribution in [1.82, 2.24) is 10.4 Å². The van der Waals surface area contributed by atoms with Gasteiger partial charge in [0.2, 0.25) is 0 Å². The summed E-state index contributed by atoms with van der Waals surface area (Å²) in [5, 5.41) is 6.15. The minimum absolute atomic E-state index is 0.523. The fraction of sp³-hybridized carbons (Fsp3) is 0. The van der Waals surface area contributed by atoms with Crippen molar-refractivity contribution in [2.24, 2.45) is 5.10 Å². The summed E-state index contributed by atoms with van der Waals surface area (Å²) in [4.78, 5) is 27.1. The summed E-state index contributed by atoms with van der Waals surface area (Å²) in [6.45, 7) is 0. The molecular weight excluding hydrogens is 336 g/mol. The van der Waals surface area contributed by atoms with Crippen molar-refractivity contribution in [3.8, 4) is 0 Å². The molecule has 1 aromatic heterocycles. The van der Waals surface area contributed by atoms with Gasteiger partial charge in [0.25, 0.3) is 0 Å². The van der Waals surface area contributed by atoms with Crippen molar-refractivity contribution in [2.75, 3.05) is 5.32 Å². The van der Waals surface area contributed by atoms with Crippen LogP contribution in [0.15, 0.2) is 58.4 Å². The number of aromatic nitrogens is 1. The second-order valence-corrected chi connectivity index (χ2v) is 4.86. The molecule has 2 amide bonds. The Morgan fingerprint density at radius 2 is 1.90 bits per heavy atom. The summed E-state index contributed by atoms with van der Waals surface area (Å²) in [5.74, 6) is -1.64. The van der Waals surface area contributed by atoms with Crippen LogP contribution in [-0.2, 0) is 9.59 Å². The average molecular weight is 347 g/mol. The monoisotopic (exact) mass is 346 g/mol. The predicted molar refractivity (Wildman–Crippen MR) is 82.7 cm³/mol. The Balaban J connectivity index is 1.87. The van der Waals surface area contributed by atoms with E-state index in [0.717, 1.165) is 4.47 Å². The lowest BCUT2D eigenvalue weighted by atomic mass is 10.3. The van der Waals surface area contributed by atoms with Gasteiger partial charge in [-0.05, 0) is 30.3 Å². The van der Waals surface area contributed by atoms with Crippen LogP contribution in [0.1, 0.15) is 5.56 Å². The highest BCUT2D eigenvalue weighted by Crippen LogP contribution is 2.13. The Morgan fingerprint density at radius 1 is 1.14 bits per heavy atom. The molecule has 0 aliphatic rings. The fourth-order valence-electron chi connectivity index (χ4n) is 1.39. The van der Waals surface area contributed by atoms with Gasteiger partial charge in [0, 0.05) is 28.1 Å². The highest BCUT2D eigenvalue weighted by molar-refractivity contribution is 9.10. The van der Waals surface area contributed by atoms with Crippen LogP contribution in [0.2, 0.25) is 0 Å². The van der Waals surface area contributed by atoms with Crippen molar-refractivity contribution in [3.05, 3.63) is 58.8 Å². The molecular formula is C14H11BrN4O2. The van der Waals surface area contributed by atoms with Gasteiger partial charge in [-0.15, -0.1) is 0 Å². The second-order valence-electron chi connectivity index (χ2n) is 3.95. The summed E-state index contributed by atoms with van der Waals surface area (Å²) in [6.07, 6.45) is 4.61. The third-order valence-corrected chi connectivity index (χ3v) is 2.90. The normalized spacial score (nSPS) is 10.3. The van der Waals surface area contributed by atoms with Crippen molar-refractivity contribution < 1.29 is 9.59 Å². The molecule has 7 heteroatoms. The number of benzene rings is 1. The maximum absolute atomic E-state index is 11.6. The highest BCUT2D eigenvalue weighted by Gasteiger charge is 2.12. The van der Waals surface area contributed by atoms with E-state index in [1.165, 1.54) is 6.21 Å². The lowest BCUT2D eigenvalue weighted by molar-refractivity contribution is -0.136. The zero-order valence-electron chi connectivity index (χ0n) is 10.8. The van der Waals surface area contributed by atoms with E-state index in [9.17, 15) is 9.59 Å². The molecule has 0 atom stereocenters. The molecule has 0 radical (unpaired) electrons. The lowest BCUT2D eigenvalue weighted by Crippen LogP contribution is -2.32. The molecule has 1 aromatic carbocycles. The van der Waals surface area contributed by atoms with E-state index in [2.05, 4.69) is 36.8 Å². The van der Waals surface area contributed by atoms with Gasteiger partial charge in [-0.2, -0.15) is 5.10 Å². The number of nitrogens with one attached hydrogen (secondary N) is 2. The number of nitrogens with zero attached hydrogens (tertiary/aromatic N) is 2. The summed E-state index contributed by atoms with van der Waals surface area (Å²) in [6, 6.07) is 10.4. The molecule has 0 spiro atoms. The molecule has 0 bridgehead atoms. The molecule has 0 aliphatic carbocycles. The number of pyridine rings is 1. The Kier molecular flexibility index (Phi) is 5.16. The third kappa shape index (κ3) is 4.81. The van der Waals surface area contributed by atoms with Crippen molar-refractivity contribution in [3.63, 3.8) is 0 Å². The van der Waals surface area contributed by atoms with Gasteiger partial charge >= 0.3 is 11.8 Å². The first kappa shape index (κ1) is 14.9. The van der Waals surface area contributed by atoms with Crippen LogP contribution >= 0.6 is 15.9 Å². The molecule has 0 aliphatic heterocycles. The second kappa shape index (κ2) is 7.30. The van der Waals surface area contributed by atoms with Gasteiger partial charge in [0.15, 0.2) is 0 Å². The van der Waals surface area contributed by atoms with Crippen molar-refractivity contribution >= 4 is 39.6 Å². The molecule has 1 heterocycles. The van der Waals surface area contributed by atoms with Gasteiger partial charge in [-0.3, -0.25) is 14.6 Å². The molecule has 0 unspecified atom stereocenters. The van der Waals surface area contributed by atoms with Crippen LogP contribution in [-0.4, -0.2) is 23.0 Å². The number of amides is 2. The predicted octanol–water partition coefficient (Wildman–Crippen LogP) is 1.93. The first-order valence-electron chi connectivity index (χ1n) is 5.95. The highest BCUT2D eigenvalue weighted by atomic mass is 79.9. The van der Waals surface area contributed by atoms with Gasteiger partial charge in [-0.1, -0.05) is 22.0 Å². The number of hydrogen-bond acceptors (Lipinski definition) is 4. The van der Waals surface area contributed by atoms with Gasteiger partial charge < -0.3 is 5.32 Å². The van der Waals surface area contributed by atoms with Crippen LogP contribution in [0, 0.1) is 0 Å². The number of anilines is 1. The Morgan fingerprint density at radius 3 is 2.57 bits per heavy atom. The number of rotatable bonds is 3. The van der Waals surface area contributed by atoms with Crippen LogP contribution in [0.4, 0.5) is 5.69 Å². The topological polar surface area (TPSA) is 83.5 Å². The number of carbonyl (C=O) groups excluding carboxylic acids is 2. The van der Waals surface area contributed by atoms with Gasteiger partial charge in [-0.25, -0.2) is 5.43 Å². The molecule has 0 fully saturated rings. The first-order chi connectivity index (χ1) is 10.1. The summed E-state index contributed by atoms with van der Waals surface area (Å²) in [7, 11) is 0. The number of carbonyl (C=O) groups is 2. The smallest absolute Gasteiger partial charge is 0.318 e. The molecule has 21 heavy (non-hydrogen) atoms. The van der Waals surface area contributed by atoms with Gasteiger partial charge in [0.1, 0.15) is 0 Å². The summed E-state index contributed by atoms with van der Waals surface area (Å²) in [5.41, 5.74) is 3.38. The molecule has 0 saturated carbocycles. The quantitative estimate of drug-likeness (QED) is 0.506.